The number of halogens is 2. The van der Waals surface area contributed by atoms with Crippen molar-refractivity contribution in [1.29, 1.82) is 0 Å². The van der Waals surface area contributed by atoms with Gasteiger partial charge in [0.25, 0.3) is 0 Å². The predicted octanol–water partition coefficient (Wildman–Crippen LogP) is 2.95. The van der Waals surface area contributed by atoms with Gasteiger partial charge < -0.3 is 14.8 Å². The van der Waals surface area contributed by atoms with Crippen LogP contribution in [-0.2, 0) is 9.47 Å². The van der Waals surface area contributed by atoms with Crippen LogP contribution in [0.5, 0.6) is 0 Å². The Bertz CT molecular complexity index is 333. The molecular weight excluding hydrogens is 358 g/mol. The summed E-state index contributed by atoms with van der Waals surface area (Å²) in [5.74, 6) is 0. The van der Waals surface area contributed by atoms with Crippen LogP contribution in [0, 0.1) is 0 Å². The first-order valence-corrected chi connectivity index (χ1v) is 7.44. The molecule has 3 nitrogen and oxygen atoms in total. The Labute approximate surface area is 116 Å². The minimum atomic E-state index is 0.0937. The molecule has 0 aliphatic carbocycles. The normalized spacial score (nSPS) is 23.3. The first-order valence-electron chi connectivity index (χ1n) is 5.03. The fraction of sp³-hybridized carbons (Fsp3) is 0.600. The molecule has 2 heterocycles. The highest BCUT2D eigenvalue weighted by Crippen LogP contribution is 2.37. The third kappa shape index (κ3) is 2.86. The van der Waals surface area contributed by atoms with E-state index in [9.17, 15) is 0 Å². The zero-order chi connectivity index (χ0) is 11.5. The smallest absolute Gasteiger partial charge is 0.101 e. The molecular formula is C10H13Br2NO2S. The summed E-state index contributed by atoms with van der Waals surface area (Å²) in [5, 5.41) is 3.29. The molecule has 0 radical (unpaired) electrons. The van der Waals surface area contributed by atoms with Gasteiger partial charge >= 0.3 is 0 Å². The Morgan fingerprint density at radius 2 is 2.31 bits per heavy atom. The Hall–Kier alpha value is 0.540. The van der Waals surface area contributed by atoms with Crippen molar-refractivity contribution in [2.75, 3.05) is 26.9 Å². The molecule has 0 aromatic carbocycles. The van der Waals surface area contributed by atoms with E-state index in [1.165, 1.54) is 4.88 Å². The van der Waals surface area contributed by atoms with Gasteiger partial charge in [-0.2, -0.15) is 0 Å². The zero-order valence-corrected chi connectivity index (χ0v) is 12.8. The van der Waals surface area contributed by atoms with Gasteiger partial charge in [0, 0.05) is 9.35 Å². The summed E-state index contributed by atoms with van der Waals surface area (Å²) in [6.07, 6.45) is 0.0937. The second kappa shape index (κ2) is 5.93. The van der Waals surface area contributed by atoms with Crippen LogP contribution in [-0.4, -0.2) is 33.0 Å². The maximum Gasteiger partial charge on any atom is 0.101 e. The Morgan fingerprint density at radius 1 is 1.50 bits per heavy atom. The van der Waals surface area contributed by atoms with Crippen LogP contribution < -0.4 is 5.32 Å². The van der Waals surface area contributed by atoms with E-state index in [0.717, 1.165) is 8.26 Å². The van der Waals surface area contributed by atoms with E-state index in [2.05, 4.69) is 43.2 Å². The average Bonchev–Trinajstić information content (AvgIpc) is 2.61. The Kier molecular flexibility index (Phi) is 4.81. The molecule has 6 heteroatoms. The van der Waals surface area contributed by atoms with Crippen LogP contribution in [0.2, 0.25) is 0 Å². The third-order valence-electron chi connectivity index (χ3n) is 2.50. The molecule has 0 bridgehead atoms. The molecule has 0 amide bonds. The maximum atomic E-state index is 5.72. The van der Waals surface area contributed by atoms with Gasteiger partial charge in [-0.25, -0.2) is 0 Å². The lowest BCUT2D eigenvalue weighted by Crippen LogP contribution is -2.38. The van der Waals surface area contributed by atoms with Crippen LogP contribution in [0.1, 0.15) is 10.9 Å². The van der Waals surface area contributed by atoms with Gasteiger partial charge in [-0.05, 0) is 45.0 Å². The van der Waals surface area contributed by atoms with Crippen molar-refractivity contribution in [2.45, 2.75) is 12.1 Å². The summed E-state index contributed by atoms with van der Waals surface area (Å²) in [6, 6.07) is 2.31. The molecule has 1 N–H and O–H groups in total. The van der Waals surface area contributed by atoms with Crippen LogP contribution in [0.4, 0.5) is 0 Å². The van der Waals surface area contributed by atoms with Gasteiger partial charge in [0.2, 0.25) is 0 Å². The highest BCUT2D eigenvalue weighted by Gasteiger charge is 2.27. The van der Waals surface area contributed by atoms with Crippen LogP contribution in [0.25, 0.3) is 0 Å². The minimum absolute atomic E-state index is 0.0937. The van der Waals surface area contributed by atoms with Crippen molar-refractivity contribution >= 4 is 43.2 Å². The first-order chi connectivity index (χ1) is 7.72. The van der Waals surface area contributed by atoms with E-state index in [1.54, 1.807) is 11.3 Å². The lowest BCUT2D eigenvalue weighted by atomic mass is 10.1. The van der Waals surface area contributed by atoms with E-state index in [4.69, 9.17) is 9.47 Å². The largest absolute Gasteiger partial charge is 0.376 e. The fourth-order valence-electron chi connectivity index (χ4n) is 1.73. The number of nitrogens with one attached hydrogen (secondary N) is 1. The molecule has 1 aliphatic heterocycles. The number of hydrogen-bond donors (Lipinski definition) is 1. The standard InChI is InChI=1S/C10H13Br2NO2S/c1-13-9(7-5-14-2-3-15-7)8-4-6(11)10(12)16-8/h4,7,9,13H,2-3,5H2,1H3. The number of ether oxygens (including phenoxy) is 2. The minimum Gasteiger partial charge on any atom is -0.376 e. The quantitative estimate of drug-likeness (QED) is 0.887. The number of likely N-dealkylation sites (N-methyl/N-ethyl adjacent to an activating group) is 1. The molecule has 2 rings (SSSR count). The number of rotatable bonds is 3. The molecule has 2 unspecified atom stereocenters. The highest BCUT2D eigenvalue weighted by molar-refractivity contribution is 9.13. The van der Waals surface area contributed by atoms with Gasteiger partial charge in [-0.3, -0.25) is 0 Å². The summed E-state index contributed by atoms with van der Waals surface area (Å²) in [5.41, 5.74) is 0. The van der Waals surface area contributed by atoms with Crippen LogP contribution in [0.3, 0.4) is 0 Å². The SMILES string of the molecule is CNC(c1cc(Br)c(Br)s1)C1COCCO1. The fourth-order valence-corrected chi connectivity index (χ4v) is 3.98. The van der Waals surface area contributed by atoms with E-state index < -0.39 is 0 Å². The lowest BCUT2D eigenvalue weighted by molar-refractivity contribution is -0.101. The first kappa shape index (κ1) is 13.0. The number of thiophene rings is 1. The molecule has 1 aliphatic rings. The monoisotopic (exact) mass is 369 g/mol. The maximum absolute atomic E-state index is 5.72. The van der Waals surface area contributed by atoms with Gasteiger partial charge in [0.15, 0.2) is 0 Å². The summed E-state index contributed by atoms with van der Waals surface area (Å²) < 4.78 is 13.4. The van der Waals surface area contributed by atoms with Crippen LogP contribution in [0.15, 0.2) is 14.3 Å². The zero-order valence-electron chi connectivity index (χ0n) is 8.83. The van der Waals surface area contributed by atoms with Crippen molar-refractivity contribution < 1.29 is 9.47 Å². The van der Waals surface area contributed by atoms with E-state index >= 15 is 0 Å². The summed E-state index contributed by atoms with van der Waals surface area (Å²) >= 11 is 8.72. The Balaban J connectivity index is 2.14. The van der Waals surface area contributed by atoms with Crippen molar-refractivity contribution in [3.8, 4) is 0 Å². The highest BCUT2D eigenvalue weighted by atomic mass is 79.9. The average molecular weight is 371 g/mol. The van der Waals surface area contributed by atoms with Crippen molar-refractivity contribution in [1.82, 2.24) is 5.32 Å². The molecule has 1 aromatic rings. The molecule has 1 fully saturated rings. The van der Waals surface area contributed by atoms with Gasteiger partial charge in [0.05, 0.1) is 29.6 Å². The molecule has 0 saturated carbocycles. The molecule has 90 valence electrons. The van der Waals surface area contributed by atoms with Crippen molar-refractivity contribution in [3.05, 3.63) is 19.2 Å². The Morgan fingerprint density at radius 3 is 2.81 bits per heavy atom. The molecule has 1 aromatic heterocycles. The molecule has 0 spiro atoms. The predicted molar refractivity (Wildman–Crippen MR) is 72.1 cm³/mol. The summed E-state index contributed by atoms with van der Waals surface area (Å²) in [6.45, 7) is 2.03. The van der Waals surface area contributed by atoms with E-state index in [-0.39, 0.29) is 12.1 Å². The summed E-state index contributed by atoms with van der Waals surface area (Å²) in [7, 11) is 1.95. The van der Waals surface area contributed by atoms with Crippen molar-refractivity contribution in [3.63, 3.8) is 0 Å². The molecule has 2 atom stereocenters. The molecule has 1 saturated heterocycles. The lowest BCUT2D eigenvalue weighted by Gasteiger charge is -2.29. The van der Waals surface area contributed by atoms with Gasteiger partial charge in [-0.15, -0.1) is 11.3 Å². The second-order valence-corrected chi connectivity index (χ2v) is 6.78. The second-order valence-electron chi connectivity index (χ2n) is 3.52. The van der Waals surface area contributed by atoms with Gasteiger partial charge in [0.1, 0.15) is 6.10 Å². The van der Waals surface area contributed by atoms with Crippen LogP contribution >= 0.6 is 43.2 Å². The van der Waals surface area contributed by atoms with E-state index in [0.29, 0.717) is 19.8 Å². The number of hydrogen-bond acceptors (Lipinski definition) is 4. The third-order valence-corrected chi connectivity index (χ3v) is 5.83. The molecule has 16 heavy (non-hydrogen) atoms. The van der Waals surface area contributed by atoms with Crippen molar-refractivity contribution in [2.24, 2.45) is 0 Å². The topological polar surface area (TPSA) is 30.5 Å². The van der Waals surface area contributed by atoms with E-state index in [1.807, 2.05) is 7.05 Å². The van der Waals surface area contributed by atoms with Gasteiger partial charge in [-0.1, -0.05) is 0 Å². The summed E-state index contributed by atoms with van der Waals surface area (Å²) in [4.78, 5) is 1.25.